The van der Waals surface area contributed by atoms with Gasteiger partial charge in [-0.1, -0.05) is 29.3 Å². The minimum absolute atomic E-state index is 0.158. The molecule has 0 unspecified atom stereocenters. The van der Waals surface area contributed by atoms with Crippen LogP contribution >= 0.6 is 23.2 Å². The van der Waals surface area contributed by atoms with E-state index in [1.165, 1.54) is 0 Å². The van der Waals surface area contributed by atoms with E-state index in [1.54, 1.807) is 18.2 Å². The molecule has 86 valence electrons. The summed E-state index contributed by atoms with van der Waals surface area (Å²) in [7, 11) is 0. The number of aliphatic carboxylic acids is 1. The van der Waals surface area contributed by atoms with Crippen LogP contribution in [-0.2, 0) is 16.0 Å². The van der Waals surface area contributed by atoms with Crippen molar-refractivity contribution in [2.45, 2.75) is 12.5 Å². The summed E-state index contributed by atoms with van der Waals surface area (Å²) in [5.41, 5.74) is 0.691. The Morgan fingerprint density at radius 3 is 2.62 bits per heavy atom. The quantitative estimate of drug-likeness (QED) is 0.794. The molecule has 16 heavy (non-hydrogen) atoms. The molecule has 1 atom stereocenters. The molecule has 0 fully saturated rings. The van der Waals surface area contributed by atoms with Crippen molar-refractivity contribution < 1.29 is 14.7 Å². The third-order valence-electron chi connectivity index (χ3n) is 1.99. The predicted molar refractivity (Wildman–Crippen MR) is 60.8 cm³/mol. The normalized spacial score (nSPS) is 11.9. The van der Waals surface area contributed by atoms with Crippen LogP contribution in [0.15, 0.2) is 18.2 Å². The molecular weight excluding hydrogens is 253 g/mol. The van der Waals surface area contributed by atoms with Crippen LogP contribution in [0.5, 0.6) is 0 Å². The topological polar surface area (TPSA) is 66.4 Å². The average Bonchev–Trinajstić information content (AvgIpc) is 2.22. The highest BCUT2D eigenvalue weighted by atomic mass is 35.5. The first-order chi connectivity index (χ1) is 7.54. The molecule has 0 aliphatic rings. The van der Waals surface area contributed by atoms with Crippen molar-refractivity contribution in [1.82, 2.24) is 5.32 Å². The molecule has 0 aromatic heterocycles. The highest BCUT2D eigenvalue weighted by molar-refractivity contribution is 6.42. The van der Waals surface area contributed by atoms with Crippen molar-refractivity contribution in [1.29, 1.82) is 0 Å². The second-order valence-corrected chi connectivity index (χ2v) is 3.94. The summed E-state index contributed by atoms with van der Waals surface area (Å²) < 4.78 is 0. The minimum atomic E-state index is -1.10. The lowest BCUT2D eigenvalue weighted by Crippen LogP contribution is -2.37. The Hall–Kier alpha value is -1.26. The van der Waals surface area contributed by atoms with Gasteiger partial charge in [-0.05, 0) is 17.7 Å². The van der Waals surface area contributed by atoms with Crippen molar-refractivity contribution in [3.05, 3.63) is 33.8 Å². The average molecular weight is 262 g/mol. The third kappa shape index (κ3) is 3.40. The number of amides is 1. The second-order valence-electron chi connectivity index (χ2n) is 3.13. The fourth-order valence-corrected chi connectivity index (χ4v) is 1.52. The van der Waals surface area contributed by atoms with Crippen LogP contribution in [-0.4, -0.2) is 23.5 Å². The van der Waals surface area contributed by atoms with Gasteiger partial charge in [0, 0.05) is 6.42 Å². The highest BCUT2D eigenvalue weighted by Crippen LogP contribution is 2.23. The third-order valence-corrected chi connectivity index (χ3v) is 2.73. The molecule has 0 aliphatic heterocycles. The first kappa shape index (κ1) is 12.8. The van der Waals surface area contributed by atoms with Gasteiger partial charge in [-0.2, -0.15) is 0 Å². The lowest BCUT2D eigenvalue weighted by molar-refractivity contribution is -0.140. The first-order valence-corrected chi connectivity index (χ1v) is 5.16. The van der Waals surface area contributed by atoms with Gasteiger partial charge in [0.1, 0.15) is 6.04 Å². The predicted octanol–water partition coefficient (Wildman–Crippen LogP) is 1.74. The van der Waals surface area contributed by atoms with Crippen LogP contribution in [0.4, 0.5) is 0 Å². The van der Waals surface area contributed by atoms with E-state index in [9.17, 15) is 9.59 Å². The zero-order chi connectivity index (χ0) is 12.1. The number of carboxylic acid groups (broad SMARTS) is 1. The largest absolute Gasteiger partial charge is 0.480 e. The zero-order valence-electron chi connectivity index (χ0n) is 8.11. The minimum Gasteiger partial charge on any atom is -0.480 e. The molecule has 0 bridgehead atoms. The number of carbonyl (C=O) groups is 2. The van der Waals surface area contributed by atoms with Crippen LogP contribution in [0, 0.1) is 0 Å². The summed E-state index contributed by atoms with van der Waals surface area (Å²) in [5.74, 6) is -1.10. The number of nitrogens with one attached hydrogen (secondary N) is 1. The molecule has 2 N–H and O–H groups in total. The van der Waals surface area contributed by atoms with Crippen LogP contribution < -0.4 is 5.32 Å². The number of benzene rings is 1. The summed E-state index contributed by atoms with van der Waals surface area (Å²) in [6.07, 6.45) is 0.515. The number of hydrogen-bond acceptors (Lipinski definition) is 2. The molecule has 1 rings (SSSR count). The summed E-state index contributed by atoms with van der Waals surface area (Å²) in [6.45, 7) is 0. The number of halogens is 2. The molecular formula is C10H9Cl2NO3. The molecule has 4 nitrogen and oxygen atoms in total. The van der Waals surface area contributed by atoms with Gasteiger partial charge < -0.3 is 10.4 Å². The van der Waals surface area contributed by atoms with E-state index in [4.69, 9.17) is 28.3 Å². The Morgan fingerprint density at radius 1 is 1.44 bits per heavy atom. The lowest BCUT2D eigenvalue weighted by Gasteiger charge is -2.11. The molecule has 1 aromatic rings. The van der Waals surface area contributed by atoms with Crippen molar-refractivity contribution >= 4 is 35.6 Å². The van der Waals surface area contributed by atoms with Gasteiger partial charge in [-0.15, -0.1) is 0 Å². The monoisotopic (exact) mass is 261 g/mol. The summed E-state index contributed by atoms with van der Waals surface area (Å²) in [6, 6.07) is 3.86. The number of hydrogen-bond donors (Lipinski definition) is 2. The van der Waals surface area contributed by atoms with E-state index in [0.717, 1.165) is 0 Å². The molecule has 1 amide bonds. The Balaban J connectivity index is 2.81. The maximum absolute atomic E-state index is 10.8. The summed E-state index contributed by atoms with van der Waals surface area (Å²) in [4.78, 5) is 21.0. The Labute approximate surface area is 102 Å². The molecule has 0 radical (unpaired) electrons. The smallest absolute Gasteiger partial charge is 0.326 e. The van der Waals surface area contributed by atoms with Crippen molar-refractivity contribution in [3.63, 3.8) is 0 Å². The molecule has 1 aromatic carbocycles. The first-order valence-electron chi connectivity index (χ1n) is 4.41. The van der Waals surface area contributed by atoms with E-state index >= 15 is 0 Å². The van der Waals surface area contributed by atoms with Crippen LogP contribution in [0.25, 0.3) is 0 Å². The Bertz CT molecular complexity index is 409. The summed E-state index contributed by atoms with van der Waals surface area (Å²) in [5, 5.41) is 11.8. The number of carbonyl (C=O) groups excluding carboxylic acids is 1. The van der Waals surface area contributed by atoms with Gasteiger partial charge in [0.05, 0.1) is 10.0 Å². The van der Waals surface area contributed by atoms with Crippen molar-refractivity contribution in [2.75, 3.05) is 0 Å². The van der Waals surface area contributed by atoms with Crippen molar-refractivity contribution in [3.8, 4) is 0 Å². The Kier molecular flexibility index (Phi) is 4.58. The molecule has 0 saturated carbocycles. The molecule has 0 spiro atoms. The van der Waals surface area contributed by atoms with E-state index in [2.05, 4.69) is 5.32 Å². The molecule has 0 heterocycles. The highest BCUT2D eigenvalue weighted by Gasteiger charge is 2.16. The zero-order valence-corrected chi connectivity index (χ0v) is 9.63. The fraction of sp³-hybridized carbons (Fsp3) is 0.200. The summed E-state index contributed by atoms with van der Waals surface area (Å²) >= 11 is 11.5. The van der Waals surface area contributed by atoms with E-state index in [0.29, 0.717) is 22.0 Å². The SMILES string of the molecule is O=CN[C@H](Cc1ccc(Cl)c(Cl)c1)C(=O)O. The van der Waals surface area contributed by atoms with Crippen LogP contribution in [0.1, 0.15) is 5.56 Å². The van der Waals surface area contributed by atoms with E-state index in [1.807, 2.05) is 0 Å². The van der Waals surface area contributed by atoms with Crippen LogP contribution in [0.2, 0.25) is 10.0 Å². The van der Waals surface area contributed by atoms with Gasteiger partial charge in [0.2, 0.25) is 6.41 Å². The molecule has 0 aliphatic carbocycles. The van der Waals surface area contributed by atoms with Crippen molar-refractivity contribution in [2.24, 2.45) is 0 Å². The van der Waals surface area contributed by atoms with Gasteiger partial charge in [0.25, 0.3) is 0 Å². The maximum Gasteiger partial charge on any atom is 0.326 e. The maximum atomic E-state index is 10.8. The Morgan fingerprint density at radius 2 is 2.12 bits per heavy atom. The number of carboxylic acids is 1. The van der Waals surface area contributed by atoms with Gasteiger partial charge in [-0.3, -0.25) is 4.79 Å². The van der Waals surface area contributed by atoms with E-state index in [-0.39, 0.29) is 6.42 Å². The molecule has 6 heteroatoms. The van der Waals surface area contributed by atoms with E-state index < -0.39 is 12.0 Å². The van der Waals surface area contributed by atoms with Gasteiger partial charge in [0.15, 0.2) is 0 Å². The molecule has 0 saturated heterocycles. The van der Waals surface area contributed by atoms with Gasteiger partial charge in [-0.25, -0.2) is 4.79 Å². The lowest BCUT2D eigenvalue weighted by atomic mass is 10.1. The van der Waals surface area contributed by atoms with Gasteiger partial charge >= 0.3 is 5.97 Å². The van der Waals surface area contributed by atoms with Crippen LogP contribution in [0.3, 0.4) is 0 Å². The second kappa shape index (κ2) is 5.72. The fourth-order valence-electron chi connectivity index (χ4n) is 1.20. The number of rotatable bonds is 5. The standard InChI is InChI=1S/C10H9Cl2NO3/c11-7-2-1-6(3-8(7)12)4-9(10(15)16)13-5-14/h1-3,5,9H,4H2,(H,13,14)(H,15,16)/t9-/m1/s1.